The number of sulfonamides is 1. The van der Waals surface area contributed by atoms with Crippen molar-refractivity contribution in [3.05, 3.63) is 29.8 Å². The Morgan fingerprint density at radius 2 is 1.84 bits per heavy atom. The SMILES string of the molecule is COCCS(=O)(=O)N(c1ccc(CN)cc1)C(C)C. The van der Waals surface area contributed by atoms with Crippen molar-refractivity contribution in [3.8, 4) is 0 Å². The van der Waals surface area contributed by atoms with Crippen molar-refractivity contribution in [2.24, 2.45) is 5.73 Å². The van der Waals surface area contributed by atoms with Gasteiger partial charge in [0.2, 0.25) is 10.0 Å². The molecule has 0 aliphatic rings. The van der Waals surface area contributed by atoms with Crippen molar-refractivity contribution in [1.82, 2.24) is 0 Å². The van der Waals surface area contributed by atoms with E-state index in [9.17, 15) is 8.42 Å². The topological polar surface area (TPSA) is 72.6 Å². The maximum atomic E-state index is 12.3. The maximum absolute atomic E-state index is 12.3. The molecule has 5 nitrogen and oxygen atoms in total. The van der Waals surface area contributed by atoms with Gasteiger partial charge in [0.05, 0.1) is 18.0 Å². The Morgan fingerprint density at radius 1 is 1.26 bits per heavy atom. The highest BCUT2D eigenvalue weighted by Gasteiger charge is 2.24. The molecule has 0 amide bonds. The van der Waals surface area contributed by atoms with E-state index in [4.69, 9.17) is 10.5 Å². The molecule has 0 spiro atoms. The monoisotopic (exact) mass is 286 g/mol. The van der Waals surface area contributed by atoms with E-state index in [1.54, 1.807) is 12.1 Å². The molecule has 0 radical (unpaired) electrons. The highest BCUT2D eigenvalue weighted by Crippen LogP contribution is 2.22. The van der Waals surface area contributed by atoms with Crippen LogP contribution in [0.2, 0.25) is 0 Å². The number of nitrogens with zero attached hydrogens (tertiary/aromatic N) is 1. The van der Waals surface area contributed by atoms with Crippen LogP contribution >= 0.6 is 0 Å². The molecular weight excluding hydrogens is 264 g/mol. The Hall–Kier alpha value is -1.11. The smallest absolute Gasteiger partial charge is 0.237 e. The summed E-state index contributed by atoms with van der Waals surface area (Å²) in [5, 5.41) is 0. The molecule has 0 heterocycles. The summed E-state index contributed by atoms with van der Waals surface area (Å²) in [4.78, 5) is 0. The Kier molecular flexibility index (Phi) is 5.78. The fraction of sp³-hybridized carbons (Fsp3) is 0.538. The highest BCUT2D eigenvalue weighted by atomic mass is 32.2. The molecule has 108 valence electrons. The first-order valence-electron chi connectivity index (χ1n) is 6.22. The van der Waals surface area contributed by atoms with Crippen LogP contribution in [-0.2, 0) is 21.3 Å². The van der Waals surface area contributed by atoms with E-state index in [1.807, 2.05) is 26.0 Å². The summed E-state index contributed by atoms with van der Waals surface area (Å²) in [6, 6.07) is 7.11. The van der Waals surface area contributed by atoms with E-state index < -0.39 is 10.0 Å². The van der Waals surface area contributed by atoms with Gasteiger partial charge in [-0.05, 0) is 31.5 Å². The van der Waals surface area contributed by atoms with E-state index in [-0.39, 0.29) is 18.4 Å². The Bertz CT molecular complexity index is 483. The first-order chi connectivity index (χ1) is 8.92. The lowest BCUT2D eigenvalue weighted by atomic mass is 10.2. The van der Waals surface area contributed by atoms with Crippen molar-refractivity contribution < 1.29 is 13.2 Å². The molecule has 0 saturated carbocycles. The lowest BCUT2D eigenvalue weighted by Crippen LogP contribution is -2.39. The lowest BCUT2D eigenvalue weighted by Gasteiger charge is -2.28. The fourth-order valence-corrected chi connectivity index (χ4v) is 3.51. The van der Waals surface area contributed by atoms with Crippen LogP contribution in [0, 0.1) is 0 Å². The number of rotatable bonds is 7. The van der Waals surface area contributed by atoms with Crippen molar-refractivity contribution >= 4 is 15.7 Å². The van der Waals surface area contributed by atoms with Gasteiger partial charge in [0, 0.05) is 19.7 Å². The van der Waals surface area contributed by atoms with E-state index in [0.29, 0.717) is 12.2 Å². The zero-order valence-electron chi connectivity index (χ0n) is 11.7. The highest BCUT2D eigenvalue weighted by molar-refractivity contribution is 7.92. The molecule has 0 aliphatic carbocycles. The van der Waals surface area contributed by atoms with Gasteiger partial charge in [-0.25, -0.2) is 8.42 Å². The predicted molar refractivity (Wildman–Crippen MR) is 77.6 cm³/mol. The molecule has 2 N–H and O–H groups in total. The summed E-state index contributed by atoms with van der Waals surface area (Å²) in [5.41, 5.74) is 7.17. The third kappa shape index (κ3) is 4.19. The quantitative estimate of drug-likeness (QED) is 0.821. The van der Waals surface area contributed by atoms with E-state index in [2.05, 4.69) is 0 Å². The molecule has 0 bridgehead atoms. The first-order valence-corrected chi connectivity index (χ1v) is 7.83. The minimum absolute atomic E-state index is 0.0275. The van der Waals surface area contributed by atoms with Crippen molar-refractivity contribution in [2.75, 3.05) is 23.8 Å². The Labute approximate surface area is 115 Å². The van der Waals surface area contributed by atoms with Gasteiger partial charge in [-0.15, -0.1) is 0 Å². The number of ether oxygens (including phenoxy) is 1. The van der Waals surface area contributed by atoms with Crippen LogP contribution in [-0.4, -0.2) is 33.9 Å². The Balaban J connectivity index is 3.06. The van der Waals surface area contributed by atoms with Crippen LogP contribution in [0.1, 0.15) is 19.4 Å². The fourth-order valence-electron chi connectivity index (χ4n) is 1.85. The summed E-state index contributed by atoms with van der Waals surface area (Å²) in [7, 11) is -1.89. The molecule has 19 heavy (non-hydrogen) atoms. The zero-order chi connectivity index (χ0) is 14.5. The van der Waals surface area contributed by atoms with Crippen molar-refractivity contribution in [3.63, 3.8) is 0 Å². The number of nitrogens with two attached hydrogens (primary N) is 1. The van der Waals surface area contributed by atoms with Gasteiger partial charge in [-0.1, -0.05) is 12.1 Å². The molecule has 0 aliphatic heterocycles. The summed E-state index contributed by atoms with van der Waals surface area (Å²) in [6.45, 7) is 4.33. The predicted octanol–water partition coefficient (Wildman–Crippen LogP) is 1.34. The minimum atomic E-state index is -3.38. The second kappa shape index (κ2) is 6.88. The average Bonchev–Trinajstić information content (AvgIpc) is 2.36. The molecule has 1 rings (SSSR count). The molecule has 1 aromatic rings. The zero-order valence-corrected chi connectivity index (χ0v) is 12.5. The van der Waals surface area contributed by atoms with Crippen LogP contribution in [0.25, 0.3) is 0 Å². The van der Waals surface area contributed by atoms with Gasteiger partial charge in [-0.3, -0.25) is 4.31 Å². The van der Waals surface area contributed by atoms with Gasteiger partial charge in [0.25, 0.3) is 0 Å². The van der Waals surface area contributed by atoms with Crippen molar-refractivity contribution in [1.29, 1.82) is 0 Å². The normalized spacial score (nSPS) is 11.8. The third-order valence-corrected chi connectivity index (χ3v) is 4.66. The second-order valence-corrected chi connectivity index (χ2v) is 6.53. The van der Waals surface area contributed by atoms with E-state index in [1.165, 1.54) is 11.4 Å². The molecule has 0 saturated heterocycles. The lowest BCUT2D eigenvalue weighted by molar-refractivity contribution is 0.217. The van der Waals surface area contributed by atoms with Gasteiger partial charge in [-0.2, -0.15) is 0 Å². The van der Waals surface area contributed by atoms with Gasteiger partial charge in [0.1, 0.15) is 0 Å². The van der Waals surface area contributed by atoms with Crippen LogP contribution in [0.15, 0.2) is 24.3 Å². The third-order valence-electron chi connectivity index (χ3n) is 2.74. The average molecular weight is 286 g/mol. The van der Waals surface area contributed by atoms with Gasteiger partial charge in [0.15, 0.2) is 0 Å². The minimum Gasteiger partial charge on any atom is -0.384 e. The van der Waals surface area contributed by atoms with Crippen LogP contribution in [0.4, 0.5) is 5.69 Å². The standard InChI is InChI=1S/C13H22N2O3S/c1-11(2)15(19(16,17)9-8-18-3)13-6-4-12(10-14)5-7-13/h4-7,11H,8-10,14H2,1-3H3. The number of hydrogen-bond acceptors (Lipinski definition) is 4. The summed E-state index contributed by atoms with van der Waals surface area (Å²) < 4.78 is 30.9. The molecule has 0 unspecified atom stereocenters. The van der Waals surface area contributed by atoms with Crippen LogP contribution in [0.5, 0.6) is 0 Å². The van der Waals surface area contributed by atoms with E-state index >= 15 is 0 Å². The van der Waals surface area contributed by atoms with Gasteiger partial charge < -0.3 is 10.5 Å². The molecular formula is C13H22N2O3S. The number of benzene rings is 1. The summed E-state index contributed by atoms with van der Waals surface area (Å²) in [6.07, 6.45) is 0. The van der Waals surface area contributed by atoms with Gasteiger partial charge >= 0.3 is 0 Å². The largest absolute Gasteiger partial charge is 0.384 e. The summed E-state index contributed by atoms with van der Waals surface area (Å²) >= 11 is 0. The first kappa shape index (κ1) is 15.9. The molecule has 6 heteroatoms. The maximum Gasteiger partial charge on any atom is 0.237 e. The second-order valence-electron chi connectivity index (χ2n) is 4.57. The van der Waals surface area contributed by atoms with Crippen LogP contribution in [0.3, 0.4) is 0 Å². The number of hydrogen-bond donors (Lipinski definition) is 1. The number of anilines is 1. The molecule has 0 atom stereocenters. The van der Waals surface area contributed by atoms with Crippen molar-refractivity contribution in [2.45, 2.75) is 26.4 Å². The Morgan fingerprint density at radius 3 is 2.26 bits per heavy atom. The number of methoxy groups -OCH3 is 1. The van der Waals surface area contributed by atoms with E-state index in [0.717, 1.165) is 5.56 Å². The summed E-state index contributed by atoms with van der Waals surface area (Å²) in [5.74, 6) is -0.0275. The molecule has 1 aromatic carbocycles. The van der Waals surface area contributed by atoms with Crippen LogP contribution < -0.4 is 10.0 Å². The molecule has 0 aromatic heterocycles. The molecule has 0 fully saturated rings.